The number of carbonyl (C=O) groups excluding carboxylic acids is 2. The molecule has 3 rings (SSSR count). The molecule has 144 valence electrons. The van der Waals surface area contributed by atoms with Crippen molar-refractivity contribution in [2.45, 2.75) is 0 Å². The quantitative estimate of drug-likeness (QED) is 0.619. The lowest BCUT2D eigenvalue weighted by Crippen LogP contribution is -2.41. The van der Waals surface area contributed by atoms with E-state index in [-0.39, 0.29) is 5.69 Å². The summed E-state index contributed by atoms with van der Waals surface area (Å²) >= 11 is 7.07. The standard InChI is InChI=1S/C19H16ClN3O4S/c1-26-15-5-3-4-13(16(15)27-2)19-21-14(10-28-19)18(25)23-22-17(24)11-6-8-12(20)9-7-11/h3-10H,1-2H3,(H,22,24)(H,23,25). The number of aromatic nitrogens is 1. The number of thiazole rings is 1. The normalized spacial score (nSPS) is 10.2. The Bertz CT molecular complexity index is 1000. The first-order valence-corrected chi connectivity index (χ1v) is 9.32. The third-order valence-corrected chi connectivity index (χ3v) is 4.89. The van der Waals surface area contributed by atoms with Crippen LogP contribution in [-0.2, 0) is 0 Å². The second kappa shape index (κ2) is 8.73. The molecule has 1 aromatic heterocycles. The van der Waals surface area contributed by atoms with Crippen LogP contribution >= 0.6 is 22.9 Å². The second-order valence-electron chi connectivity index (χ2n) is 5.49. The Kier molecular flexibility index (Phi) is 6.13. The van der Waals surface area contributed by atoms with Crippen molar-refractivity contribution in [2.24, 2.45) is 0 Å². The summed E-state index contributed by atoms with van der Waals surface area (Å²) in [5.74, 6) is 0.0976. The SMILES string of the molecule is COc1cccc(-c2nc(C(=O)NNC(=O)c3ccc(Cl)cc3)cs2)c1OC. The molecule has 0 unspecified atom stereocenters. The van der Waals surface area contributed by atoms with Gasteiger partial charge < -0.3 is 9.47 Å². The van der Waals surface area contributed by atoms with E-state index in [4.69, 9.17) is 21.1 Å². The van der Waals surface area contributed by atoms with E-state index >= 15 is 0 Å². The van der Waals surface area contributed by atoms with E-state index in [9.17, 15) is 9.59 Å². The Balaban J connectivity index is 1.71. The van der Waals surface area contributed by atoms with Crippen molar-refractivity contribution < 1.29 is 19.1 Å². The predicted molar refractivity (Wildman–Crippen MR) is 107 cm³/mol. The molecule has 0 saturated heterocycles. The van der Waals surface area contributed by atoms with Gasteiger partial charge in [-0.2, -0.15) is 0 Å². The number of methoxy groups -OCH3 is 2. The van der Waals surface area contributed by atoms with Crippen molar-refractivity contribution >= 4 is 34.8 Å². The first-order valence-electron chi connectivity index (χ1n) is 8.06. The lowest BCUT2D eigenvalue weighted by Gasteiger charge is -2.10. The summed E-state index contributed by atoms with van der Waals surface area (Å²) in [6.07, 6.45) is 0. The smallest absolute Gasteiger partial charge is 0.289 e. The summed E-state index contributed by atoms with van der Waals surface area (Å²) in [7, 11) is 3.08. The Labute approximate surface area is 170 Å². The molecule has 0 bridgehead atoms. The number of hydrogen-bond acceptors (Lipinski definition) is 6. The highest BCUT2D eigenvalue weighted by atomic mass is 35.5. The summed E-state index contributed by atoms with van der Waals surface area (Å²) in [6, 6.07) is 11.7. The van der Waals surface area contributed by atoms with Crippen LogP contribution in [0.15, 0.2) is 47.8 Å². The Morgan fingerprint density at radius 2 is 1.71 bits per heavy atom. The molecule has 0 aliphatic rings. The topological polar surface area (TPSA) is 89.5 Å². The molecule has 0 spiro atoms. The number of hydrazine groups is 1. The first-order chi connectivity index (χ1) is 13.5. The first kappa shape index (κ1) is 19.7. The molecule has 2 N–H and O–H groups in total. The zero-order valence-electron chi connectivity index (χ0n) is 15.0. The number of benzene rings is 2. The van der Waals surface area contributed by atoms with Crippen LogP contribution in [0.5, 0.6) is 11.5 Å². The molecular formula is C19H16ClN3O4S. The number of hydrogen-bond donors (Lipinski definition) is 2. The van der Waals surface area contributed by atoms with Gasteiger partial charge in [-0.15, -0.1) is 11.3 Å². The van der Waals surface area contributed by atoms with E-state index in [0.29, 0.717) is 32.7 Å². The van der Waals surface area contributed by atoms with Gasteiger partial charge in [0.2, 0.25) is 0 Å². The largest absolute Gasteiger partial charge is 0.493 e. The molecule has 0 aliphatic carbocycles. The number of para-hydroxylation sites is 1. The number of halogens is 1. The molecule has 0 atom stereocenters. The van der Waals surface area contributed by atoms with Crippen molar-refractivity contribution in [3.05, 3.63) is 64.1 Å². The Hall–Kier alpha value is -3.10. The van der Waals surface area contributed by atoms with Crippen LogP contribution in [0.4, 0.5) is 0 Å². The molecule has 2 aromatic carbocycles. The molecule has 7 nitrogen and oxygen atoms in total. The summed E-state index contributed by atoms with van der Waals surface area (Å²) in [5.41, 5.74) is 5.93. The highest BCUT2D eigenvalue weighted by Gasteiger charge is 2.17. The fraction of sp³-hybridized carbons (Fsp3) is 0.105. The van der Waals surface area contributed by atoms with E-state index < -0.39 is 11.8 Å². The van der Waals surface area contributed by atoms with Crippen molar-refractivity contribution in [1.29, 1.82) is 0 Å². The maximum atomic E-state index is 12.3. The average Bonchev–Trinajstić information content (AvgIpc) is 3.21. The molecule has 3 aromatic rings. The van der Waals surface area contributed by atoms with Gasteiger partial charge in [-0.25, -0.2) is 4.98 Å². The molecule has 28 heavy (non-hydrogen) atoms. The summed E-state index contributed by atoms with van der Waals surface area (Å²) in [6.45, 7) is 0. The number of amides is 2. The van der Waals surface area contributed by atoms with Crippen molar-refractivity contribution in [2.75, 3.05) is 14.2 Å². The van der Waals surface area contributed by atoms with Crippen LogP contribution in [0.3, 0.4) is 0 Å². The van der Waals surface area contributed by atoms with Crippen LogP contribution in [0.1, 0.15) is 20.8 Å². The minimum Gasteiger partial charge on any atom is -0.493 e. The molecule has 0 saturated carbocycles. The maximum Gasteiger partial charge on any atom is 0.289 e. The number of nitrogens with zero attached hydrogens (tertiary/aromatic N) is 1. The lowest BCUT2D eigenvalue weighted by molar-refractivity contribution is 0.0844. The fourth-order valence-corrected chi connectivity index (χ4v) is 3.36. The monoisotopic (exact) mass is 417 g/mol. The van der Waals surface area contributed by atoms with Crippen LogP contribution in [-0.4, -0.2) is 31.0 Å². The highest BCUT2D eigenvalue weighted by molar-refractivity contribution is 7.13. The molecule has 1 heterocycles. The molecule has 9 heteroatoms. The number of ether oxygens (including phenoxy) is 2. The van der Waals surface area contributed by atoms with E-state index in [2.05, 4.69) is 15.8 Å². The van der Waals surface area contributed by atoms with Gasteiger partial charge in [-0.1, -0.05) is 17.7 Å². The van der Waals surface area contributed by atoms with Crippen LogP contribution in [0.25, 0.3) is 10.6 Å². The van der Waals surface area contributed by atoms with Gasteiger partial charge in [0.1, 0.15) is 10.7 Å². The van der Waals surface area contributed by atoms with Crippen molar-refractivity contribution in [3.8, 4) is 22.1 Å². The summed E-state index contributed by atoms with van der Waals surface area (Å²) in [5, 5.41) is 2.70. The molecule has 2 amide bonds. The third kappa shape index (κ3) is 4.24. The van der Waals surface area contributed by atoms with Crippen molar-refractivity contribution in [3.63, 3.8) is 0 Å². The average molecular weight is 418 g/mol. The van der Waals surface area contributed by atoms with Gasteiger partial charge in [0, 0.05) is 16.0 Å². The van der Waals surface area contributed by atoms with Crippen molar-refractivity contribution in [1.82, 2.24) is 15.8 Å². The number of carbonyl (C=O) groups is 2. The van der Waals surface area contributed by atoms with Gasteiger partial charge >= 0.3 is 0 Å². The van der Waals surface area contributed by atoms with Gasteiger partial charge in [-0.05, 0) is 36.4 Å². The highest BCUT2D eigenvalue weighted by Crippen LogP contribution is 2.38. The molecule has 0 aliphatic heterocycles. The second-order valence-corrected chi connectivity index (χ2v) is 6.79. The third-order valence-electron chi connectivity index (χ3n) is 3.77. The molecule has 0 radical (unpaired) electrons. The molecular weight excluding hydrogens is 402 g/mol. The Morgan fingerprint density at radius 3 is 2.39 bits per heavy atom. The Morgan fingerprint density at radius 1 is 1.00 bits per heavy atom. The van der Waals surface area contributed by atoms with Crippen LogP contribution in [0.2, 0.25) is 5.02 Å². The zero-order valence-corrected chi connectivity index (χ0v) is 16.6. The zero-order chi connectivity index (χ0) is 20.1. The fourth-order valence-electron chi connectivity index (χ4n) is 2.41. The number of nitrogens with one attached hydrogen (secondary N) is 2. The van der Waals surface area contributed by atoms with Gasteiger partial charge in [0.05, 0.1) is 19.8 Å². The minimum absolute atomic E-state index is 0.168. The van der Waals surface area contributed by atoms with Gasteiger partial charge in [0.15, 0.2) is 11.5 Å². The van der Waals surface area contributed by atoms with Gasteiger partial charge in [-0.3, -0.25) is 20.4 Å². The maximum absolute atomic E-state index is 12.3. The molecule has 0 fully saturated rings. The lowest BCUT2D eigenvalue weighted by atomic mass is 10.2. The number of rotatable bonds is 5. The minimum atomic E-state index is -0.535. The van der Waals surface area contributed by atoms with Crippen LogP contribution < -0.4 is 20.3 Å². The van der Waals surface area contributed by atoms with E-state index in [0.717, 1.165) is 0 Å². The van der Waals surface area contributed by atoms with E-state index in [1.807, 2.05) is 12.1 Å². The predicted octanol–water partition coefficient (Wildman–Crippen LogP) is 3.56. The summed E-state index contributed by atoms with van der Waals surface area (Å²) in [4.78, 5) is 28.7. The van der Waals surface area contributed by atoms with E-state index in [1.54, 1.807) is 42.8 Å². The summed E-state index contributed by atoms with van der Waals surface area (Å²) < 4.78 is 10.7. The van der Waals surface area contributed by atoms with Crippen LogP contribution in [0, 0.1) is 0 Å². The van der Waals surface area contributed by atoms with Gasteiger partial charge in [0.25, 0.3) is 11.8 Å². The van der Waals surface area contributed by atoms with E-state index in [1.165, 1.54) is 18.4 Å².